The van der Waals surface area contributed by atoms with Gasteiger partial charge in [-0.2, -0.15) is 0 Å². The molecule has 2 unspecified atom stereocenters. The van der Waals surface area contributed by atoms with E-state index in [1.54, 1.807) is 0 Å². The molecule has 23 heavy (non-hydrogen) atoms. The summed E-state index contributed by atoms with van der Waals surface area (Å²) < 4.78 is 18.6. The predicted octanol–water partition coefficient (Wildman–Crippen LogP) is 1.70. The van der Waals surface area contributed by atoms with Crippen molar-refractivity contribution in [1.82, 2.24) is 0 Å². The highest BCUT2D eigenvalue weighted by molar-refractivity contribution is 7.24. The van der Waals surface area contributed by atoms with Crippen molar-refractivity contribution in [2.75, 3.05) is 0 Å². The zero-order chi connectivity index (χ0) is 17.6. The number of unbranched alkanes of at least 4 members (excludes halogenated alkanes) is 5. The summed E-state index contributed by atoms with van der Waals surface area (Å²) in [6.07, 6.45) is 8.31. The molecular formula is C14H40O3Si6. The van der Waals surface area contributed by atoms with Gasteiger partial charge < -0.3 is 12.3 Å². The SMILES string of the molecule is C=C[Si](C)(O[SiH2][SiH2]O[SiH](C)C)[SiH2]O[SiH](C)CCCCCCCC. The molecule has 9 heteroatoms. The van der Waals surface area contributed by atoms with Gasteiger partial charge in [0.25, 0.3) is 0 Å². The molecule has 0 fully saturated rings. The van der Waals surface area contributed by atoms with E-state index in [-0.39, 0.29) is 9.28 Å². The number of hydrogen-bond acceptors (Lipinski definition) is 3. The third kappa shape index (κ3) is 14.9. The first-order valence-electron chi connectivity index (χ1n) is 9.44. The molecule has 3 nitrogen and oxygen atoms in total. The number of hydrogen-bond donors (Lipinski definition) is 0. The largest absolute Gasteiger partial charge is 0.463 e. The van der Waals surface area contributed by atoms with Crippen molar-refractivity contribution in [2.24, 2.45) is 0 Å². The topological polar surface area (TPSA) is 27.7 Å². The third-order valence-electron chi connectivity index (χ3n) is 4.02. The molecule has 0 aromatic rings. The van der Waals surface area contributed by atoms with E-state index >= 15 is 0 Å². The molecule has 0 radical (unpaired) electrons. The second kappa shape index (κ2) is 15.2. The fourth-order valence-electron chi connectivity index (χ4n) is 2.32. The molecule has 0 bridgehead atoms. The molecule has 0 aromatic heterocycles. The molecule has 0 aliphatic carbocycles. The van der Waals surface area contributed by atoms with Gasteiger partial charge in [0, 0.05) is 0 Å². The minimum absolute atomic E-state index is 0.342. The normalized spacial score (nSPS) is 17.1. The average molecular weight is 425 g/mol. The van der Waals surface area contributed by atoms with Crippen molar-refractivity contribution >= 4 is 53.8 Å². The number of rotatable bonds is 16. The highest BCUT2D eigenvalue weighted by atomic mass is 29.2. The van der Waals surface area contributed by atoms with Gasteiger partial charge in [0.1, 0.15) is 0 Å². The summed E-state index contributed by atoms with van der Waals surface area (Å²) in [4.78, 5) is 0. The van der Waals surface area contributed by atoms with Crippen LogP contribution in [0.3, 0.4) is 0 Å². The first-order chi connectivity index (χ1) is 10.9. The van der Waals surface area contributed by atoms with Gasteiger partial charge in [0.2, 0.25) is 7.83 Å². The monoisotopic (exact) mass is 424 g/mol. The van der Waals surface area contributed by atoms with E-state index < -0.39 is 44.5 Å². The van der Waals surface area contributed by atoms with E-state index in [0.29, 0.717) is 0 Å². The smallest absolute Gasteiger partial charge is 0.209 e. The predicted molar refractivity (Wildman–Crippen MR) is 121 cm³/mol. The van der Waals surface area contributed by atoms with Gasteiger partial charge in [-0.05, 0) is 32.2 Å². The summed E-state index contributed by atoms with van der Waals surface area (Å²) in [5.74, 6) is 0. The second-order valence-electron chi connectivity index (χ2n) is 6.96. The lowest BCUT2D eigenvalue weighted by Gasteiger charge is -2.25. The standard InChI is InChI=1S/C14H40O3Si6/c1-7-9-10-11-12-13-14-22(5)16-20-23(6,8-2)17-19-18-15-21(3)4/h8,21-22H,2,7,9-14,18-20H2,1,3-6H3. The van der Waals surface area contributed by atoms with E-state index in [2.05, 4.69) is 45.4 Å². The van der Waals surface area contributed by atoms with Gasteiger partial charge in [-0.3, -0.25) is 0 Å². The van der Waals surface area contributed by atoms with Crippen LogP contribution in [-0.2, 0) is 12.3 Å². The van der Waals surface area contributed by atoms with Crippen LogP contribution >= 0.6 is 0 Å². The average Bonchev–Trinajstić information content (AvgIpc) is 2.53. The minimum atomic E-state index is -1.68. The lowest BCUT2D eigenvalue weighted by molar-refractivity contribution is 0.572. The van der Waals surface area contributed by atoms with Crippen LogP contribution in [0.25, 0.3) is 0 Å². The van der Waals surface area contributed by atoms with Crippen molar-refractivity contribution in [2.45, 2.75) is 77.7 Å². The Morgan fingerprint density at radius 1 is 1.00 bits per heavy atom. The minimum Gasteiger partial charge on any atom is -0.463 e. The first kappa shape index (κ1) is 23.9. The molecule has 0 aliphatic heterocycles. The molecule has 138 valence electrons. The second-order valence-corrected chi connectivity index (χ2v) is 26.7. The van der Waals surface area contributed by atoms with E-state index in [4.69, 9.17) is 12.3 Å². The lowest BCUT2D eigenvalue weighted by atomic mass is 10.1. The summed E-state index contributed by atoms with van der Waals surface area (Å²) in [5, 5.41) is 0. The van der Waals surface area contributed by atoms with E-state index in [1.807, 2.05) is 0 Å². The maximum Gasteiger partial charge on any atom is 0.209 e. The molecule has 0 saturated carbocycles. The Kier molecular flexibility index (Phi) is 15.8. The summed E-state index contributed by atoms with van der Waals surface area (Å²) >= 11 is 0. The summed E-state index contributed by atoms with van der Waals surface area (Å²) in [6, 6.07) is 1.34. The molecule has 0 saturated heterocycles. The molecule has 0 rings (SSSR count). The van der Waals surface area contributed by atoms with Crippen molar-refractivity contribution in [3.8, 4) is 0 Å². The molecule has 0 aliphatic rings. The Balaban J connectivity index is 3.79. The molecule has 0 spiro atoms. The van der Waals surface area contributed by atoms with Crippen LogP contribution in [-0.4, -0.2) is 53.8 Å². The van der Waals surface area contributed by atoms with Gasteiger partial charge in [-0.1, -0.05) is 51.1 Å². The Labute approximate surface area is 156 Å². The van der Waals surface area contributed by atoms with Crippen LogP contribution in [0.2, 0.25) is 32.2 Å². The van der Waals surface area contributed by atoms with E-state index in [1.165, 1.54) is 44.6 Å². The lowest BCUT2D eigenvalue weighted by Crippen LogP contribution is -2.46. The Bertz CT molecular complexity index is 296. The summed E-state index contributed by atoms with van der Waals surface area (Å²) in [5.41, 5.74) is 2.12. The third-order valence-corrected chi connectivity index (χ3v) is 27.2. The van der Waals surface area contributed by atoms with Gasteiger partial charge in [0.05, 0.1) is 0 Å². The van der Waals surface area contributed by atoms with Gasteiger partial charge >= 0.3 is 0 Å². The van der Waals surface area contributed by atoms with Crippen LogP contribution in [0.15, 0.2) is 12.3 Å². The van der Waals surface area contributed by atoms with Crippen LogP contribution in [0.1, 0.15) is 45.4 Å². The molecule has 0 N–H and O–H groups in total. The maximum absolute atomic E-state index is 6.35. The Hall–Kier alpha value is 0.921. The van der Waals surface area contributed by atoms with Crippen molar-refractivity contribution in [3.05, 3.63) is 12.3 Å². The van der Waals surface area contributed by atoms with Crippen molar-refractivity contribution in [1.29, 1.82) is 0 Å². The van der Waals surface area contributed by atoms with Gasteiger partial charge in [-0.15, -0.1) is 6.58 Å². The molecule has 2 atom stereocenters. The molecule has 0 amide bonds. The van der Waals surface area contributed by atoms with Crippen LogP contribution < -0.4 is 0 Å². The van der Waals surface area contributed by atoms with Crippen molar-refractivity contribution in [3.63, 3.8) is 0 Å². The zero-order valence-electron chi connectivity index (χ0n) is 16.2. The molecular weight excluding hydrogens is 385 g/mol. The highest BCUT2D eigenvalue weighted by Crippen LogP contribution is 2.11. The molecule has 0 aromatic carbocycles. The van der Waals surface area contributed by atoms with Crippen molar-refractivity contribution < 1.29 is 12.3 Å². The fraction of sp³-hybridized carbons (Fsp3) is 0.857. The Morgan fingerprint density at radius 3 is 2.26 bits per heavy atom. The maximum atomic E-state index is 6.35. The highest BCUT2D eigenvalue weighted by Gasteiger charge is 2.27. The van der Waals surface area contributed by atoms with E-state index in [0.717, 1.165) is 0 Å². The summed E-state index contributed by atoms with van der Waals surface area (Å²) in [7, 11) is -4.76. The van der Waals surface area contributed by atoms with Gasteiger partial charge in [-0.25, -0.2) is 0 Å². The van der Waals surface area contributed by atoms with E-state index in [9.17, 15) is 0 Å². The summed E-state index contributed by atoms with van der Waals surface area (Å²) in [6.45, 7) is 15.5. The van der Waals surface area contributed by atoms with Crippen LogP contribution in [0, 0.1) is 0 Å². The first-order valence-corrected chi connectivity index (χ1v) is 25.2. The fourth-order valence-corrected chi connectivity index (χ4v) is 32.3. The van der Waals surface area contributed by atoms with Crippen LogP contribution in [0.5, 0.6) is 0 Å². The quantitative estimate of drug-likeness (QED) is 0.279. The zero-order valence-corrected chi connectivity index (χ0v) is 23.8. The van der Waals surface area contributed by atoms with Gasteiger partial charge in [0.15, 0.2) is 45.9 Å². The van der Waals surface area contributed by atoms with Crippen LogP contribution in [0.4, 0.5) is 0 Å². The molecule has 0 heterocycles. The Morgan fingerprint density at radius 2 is 1.65 bits per heavy atom.